The first-order chi connectivity index (χ1) is 15.8. The molecule has 5 unspecified atom stereocenters. The van der Waals surface area contributed by atoms with Crippen LogP contribution in [0.5, 0.6) is 0 Å². The van der Waals surface area contributed by atoms with Crippen LogP contribution in [0.1, 0.15) is 99.8 Å². The Kier molecular flexibility index (Phi) is 5.40. The molecule has 5 fully saturated rings. The normalized spacial score (nSPS) is 54.3. The highest BCUT2D eigenvalue weighted by Crippen LogP contribution is 2.73. The summed E-state index contributed by atoms with van der Waals surface area (Å²) >= 11 is 0. The average Bonchev–Trinajstić information content (AvgIpc) is 3.06. The van der Waals surface area contributed by atoms with Crippen LogP contribution in [0.4, 0.5) is 0 Å². The summed E-state index contributed by atoms with van der Waals surface area (Å²) in [5.41, 5.74) is -0.347. The summed E-state index contributed by atoms with van der Waals surface area (Å²) in [5.74, 6) is -0.153. The molecule has 4 aliphatic carbocycles. The number of carbonyl (C=O) groups is 3. The van der Waals surface area contributed by atoms with Crippen LogP contribution in [0, 0.1) is 51.2 Å². The SMILES string of the molecule is CC[C@@]1(C)CCC[C@@]2(C)C1CC[C@]1(C)C2CC(=O)[C@]2(C)C3C(=O)O[C@@H](C)C3[C@@H](OC(C)=O)CC12. The molecule has 0 aromatic rings. The number of hydrogen-bond donors (Lipinski definition) is 0. The Labute approximate surface area is 205 Å². The molecule has 0 aromatic carbocycles. The van der Waals surface area contributed by atoms with Gasteiger partial charge in [0, 0.05) is 24.7 Å². The molecule has 5 heteroatoms. The van der Waals surface area contributed by atoms with E-state index in [1.54, 1.807) is 0 Å². The van der Waals surface area contributed by atoms with Crippen molar-refractivity contribution in [1.82, 2.24) is 0 Å². The van der Waals surface area contributed by atoms with E-state index in [1.165, 1.54) is 39.0 Å². The second-order valence-corrected chi connectivity index (χ2v) is 13.6. The molecule has 1 saturated heterocycles. The highest BCUT2D eigenvalue weighted by molar-refractivity contribution is 5.93. The van der Waals surface area contributed by atoms with E-state index in [4.69, 9.17) is 9.47 Å². The molecule has 0 N–H and O–H groups in total. The predicted molar refractivity (Wildman–Crippen MR) is 129 cm³/mol. The van der Waals surface area contributed by atoms with Gasteiger partial charge in [0.2, 0.25) is 0 Å². The molecule has 0 radical (unpaired) electrons. The third-order valence-electron chi connectivity index (χ3n) is 12.3. The summed E-state index contributed by atoms with van der Waals surface area (Å²) < 4.78 is 11.6. The number of esters is 2. The molecule has 0 aromatic heterocycles. The average molecular weight is 473 g/mol. The van der Waals surface area contributed by atoms with E-state index in [0.29, 0.717) is 30.1 Å². The highest BCUT2D eigenvalue weighted by atomic mass is 16.6. The van der Waals surface area contributed by atoms with Gasteiger partial charge in [0.05, 0.1) is 5.92 Å². The smallest absolute Gasteiger partial charge is 0.310 e. The lowest BCUT2D eigenvalue weighted by Gasteiger charge is -2.69. The molecule has 5 nitrogen and oxygen atoms in total. The Balaban J connectivity index is 1.60. The second-order valence-electron chi connectivity index (χ2n) is 13.6. The van der Waals surface area contributed by atoms with Crippen LogP contribution in [0.3, 0.4) is 0 Å². The van der Waals surface area contributed by atoms with Crippen molar-refractivity contribution in [2.45, 2.75) is 112 Å². The molecule has 1 aliphatic heterocycles. The summed E-state index contributed by atoms with van der Waals surface area (Å²) in [6.07, 6.45) is 7.66. The Hall–Kier alpha value is -1.39. The van der Waals surface area contributed by atoms with E-state index < -0.39 is 11.3 Å². The van der Waals surface area contributed by atoms with Crippen molar-refractivity contribution in [1.29, 1.82) is 0 Å². The predicted octanol–water partition coefficient (Wildman–Crippen LogP) is 5.73. The summed E-state index contributed by atoms with van der Waals surface area (Å²) in [5, 5.41) is 0. The molecular formula is C29H44O5. The molecule has 5 aliphatic rings. The van der Waals surface area contributed by atoms with Gasteiger partial charge >= 0.3 is 11.9 Å². The number of fused-ring (bicyclic) bond motifs is 7. The van der Waals surface area contributed by atoms with Crippen molar-refractivity contribution in [3.63, 3.8) is 0 Å². The zero-order valence-electron chi connectivity index (χ0n) is 22.2. The third kappa shape index (κ3) is 2.94. The largest absolute Gasteiger partial charge is 0.462 e. The molecular weight excluding hydrogens is 428 g/mol. The topological polar surface area (TPSA) is 69.7 Å². The van der Waals surface area contributed by atoms with Crippen molar-refractivity contribution in [2.75, 3.05) is 0 Å². The van der Waals surface area contributed by atoms with Gasteiger partial charge in [-0.05, 0) is 73.0 Å². The maximum atomic E-state index is 14.2. The Morgan fingerprint density at radius 3 is 2.35 bits per heavy atom. The van der Waals surface area contributed by atoms with Crippen LogP contribution in [0.15, 0.2) is 0 Å². The van der Waals surface area contributed by atoms with E-state index in [-0.39, 0.29) is 52.6 Å². The zero-order valence-corrected chi connectivity index (χ0v) is 22.2. The maximum absolute atomic E-state index is 14.2. The van der Waals surface area contributed by atoms with Crippen LogP contribution >= 0.6 is 0 Å². The van der Waals surface area contributed by atoms with Crippen LogP contribution in [0.2, 0.25) is 0 Å². The molecule has 0 amide bonds. The van der Waals surface area contributed by atoms with Crippen molar-refractivity contribution in [3.8, 4) is 0 Å². The number of Topliss-reactive ketones (excluding diaryl/α,β-unsaturated/α-hetero) is 1. The first kappa shape index (κ1) is 24.3. The Bertz CT molecular complexity index is 912. The number of rotatable bonds is 2. The molecule has 190 valence electrons. The standard InChI is InChI=1S/C29H44O5/c1-8-26(4)11-9-12-27(5)19(26)10-13-28(6)20(27)15-22(31)29(7)21(28)14-18(34-17(3)30)23-16(2)33-25(32)24(23)29/h16,18-21,23-24H,8-15H2,1-7H3/t16-,18-,19?,20?,21?,23?,24?,26-,27-,28+,29+/m0/s1. The van der Waals surface area contributed by atoms with Gasteiger partial charge in [-0.3, -0.25) is 14.4 Å². The van der Waals surface area contributed by atoms with Gasteiger partial charge in [0.15, 0.2) is 0 Å². The summed E-state index contributed by atoms with van der Waals surface area (Å²) in [4.78, 5) is 39.5. The Morgan fingerprint density at radius 2 is 1.71 bits per heavy atom. The second kappa shape index (κ2) is 7.56. The van der Waals surface area contributed by atoms with Gasteiger partial charge in [-0.15, -0.1) is 0 Å². The monoisotopic (exact) mass is 472 g/mol. The number of hydrogen-bond acceptors (Lipinski definition) is 5. The minimum atomic E-state index is -0.750. The fourth-order valence-corrected chi connectivity index (χ4v) is 10.6. The van der Waals surface area contributed by atoms with Gasteiger partial charge in [-0.25, -0.2) is 0 Å². The van der Waals surface area contributed by atoms with E-state index in [1.807, 2.05) is 13.8 Å². The number of carbonyl (C=O) groups excluding carboxylic acids is 3. The zero-order chi connectivity index (χ0) is 24.8. The van der Waals surface area contributed by atoms with Gasteiger partial charge in [-0.2, -0.15) is 0 Å². The molecule has 0 spiro atoms. The molecule has 0 bridgehead atoms. The highest BCUT2D eigenvalue weighted by Gasteiger charge is 2.73. The van der Waals surface area contributed by atoms with Gasteiger partial charge in [-0.1, -0.05) is 47.5 Å². The van der Waals surface area contributed by atoms with Crippen LogP contribution in [0.25, 0.3) is 0 Å². The van der Waals surface area contributed by atoms with E-state index in [9.17, 15) is 14.4 Å². The molecule has 5 rings (SSSR count). The van der Waals surface area contributed by atoms with Crippen LogP contribution in [-0.2, 0) is 23.9 Å². The van der Waals surface area contributed by atoms with E-state index in [0.717, 1.165) is 6.42 Å². The lowest BCUT2D eigenvalue weighted by Crippen LogP contribution is -2.68. The molecule has 34 heavy (non-hydrogen) atoms. The number of ether oxygens (including phenoxy) is 2. The summed E-state index contributed by atoms with van der Waals surface area (Å²) in [6.45, 7) is 15.1. The van der Waals surface area contributed by atoms with Crippen molar-refractivity contribution in [2.24, 2.45) is 51.2 Å². The molecule has 4 saturated carbocycles. The lowest BCUT2D eigenvalue weighted by molar-refractivity contribution is -0.223. The van der Waals surface area contributed by atoms with Crippen molar-refractivity contribution >= 4 is 17.7 Å². The van der Waals surface area contributed by atoms with E-state index in [2.05, 4.69) is 27.7 Å². The maximum Gasteiger partial charge on any atom is 0.310 e. The molecule has 11 atom stereocenters. The lowest BCUT2D eigenvalue weighted by atomic mass is 9.34. The fraction of sp³-hybridized carbons (Fsp3) is 0.897. The fourth-order valence-electron chi connectivity index (χ4n) is 10.6. The quantitative estimate of drug-likeness (QED) is 0.480. The van der Waals surface area contributed by atoms with Crippen LogP contribution in [-0.4, -0.2) is 29.9 Å². The first-order valence-electron chi connectivity index (χ1n) is 13.7. The van der Waals surface area contributed by atoms with E-state index >= 15 is 0 Å². The number of ketones is 1. The van der Waals surface area contributed by atoms with Gasteiger partial charge in [0.1, 0.15) is 18.0 Å². The minimum absolute atomic E-state index is 0.0160. The third-order valence-corrected chi connectivity index (χ3v) is 12.3. The van der Waals surface area contributed by atoms with Crippen molar-refractivity contribution in [3.05, 3.63) is 0 Å². The van der Waals surface area contributed by atoms with Gasteiger partial charge < -0.3 is 9.47 Å². The number of cyclic esters (lactones) is 1. The molecule has 1 heterocycles. The van der Waals surface area contributed by atoms with Gasteiger partial charge in [0.25, 0.3) is 0 Å². The van der Waals surface area contributed by atoms with Crippen LogP contribution < -0.4 is 0 Å². The summed E-state index contributed by atoms with van der Waals surface area (Å²) in [7, 11) is 0. The first-order valence-corrected chi connectivity index (χ1v) is 13.7. The minimum Gasteiger partial charge on any atom is -0.462 e. The Morgan fingerprint density at radius 1 is 1.03 bits per heavy atom. The van der Waals surface area contributed by atoms with Crippen molar-refractivity contribution < 1.29 is 23.9 Å². The summed E-state index contributed by atoms with van der Waals surface area (Å²) in [6, 6.07) is 0.